The van der Waals surface area contributed by atoms with Crippen molar-refractivity contribution in [3.8, 4) is 0 Å². The molecule has 0 aliphatic rings. The normalized spacial score (nSPS) is 13.9. The van der Waals surface area contributed by atoms with Gasteiger partial charge in [0.1, 0.15) is 19.3 Å². The molecule has 6 heteroatoms. The summed E-state index contributed by atoms with van der Waals surface area (Å²) in [6.07, 6.45) is 1.01. The van der Waals surface area contributed by atoms with Gasteiger partial charge < -0.3 is 26.4 Å². The van der Waals surface area contributed by atoms with Gasteiger partial charge in [-0.15, -0.1) is 0 Å². The summed E-state index contributed by atoms with van der Waals surface area (Å²) in [5.41, 5.74) is 0. The van der Waals surface area contributed by atoms with E-state index in [1.807, 2.05) is 28.1 Å². The monoisotopic (exact) mass is 309 g/mol. The maximum atomic E-state index is 11.8. The summed E-state index contributed by atoms with van der Waals surface area (Å²) in [5.74, 6) is -0.784. The van der Waals surface area contributed by atoms with Gasteiger partial charge in [0.05, 0.1) is 27.1 Å². The lowest BCUT2D eigenvalue weighted by atomic mass is 10.0. The number of ether oxygens (including phenoxy) is 2. The van der Waals surface area contributed by atoms with E-state index in [9.17, 15) is 9.59 Å². The maximum Gasteiger partial charge on any atom is 0.309 e. The molecular weight excluding hydrogens is 282 g/mol. The molecule has 0 spiro atoms. The van der Waals surface area contributed by atoms with E-state index in [2.05, 4.69) is 0 Å². The van der Waals surface area contributed by atoms with Crippen molar-refractivity contribution in [1.29, 1.82) is 0 Å². The van der Waals surface area contributed by atoms with E-state index in [0.717, 1.165) is 11.0 Å². The van der Waals surface area contributed by atoms with Crippen LogP contribution in [0.1, 0.15) is 33.6 Å². The molecule has 0 heterocycles. The highest BCUT2D eigenvalue weighted by Gasteiger charge is 2.21. The van der Waals surface area contributed by atoms with Crippen LogP contribution < -0.4 is 12.4 Å². The molecule has 2 atom stereocenters. The number of nitrogens with zero attached hydrogens (tertiary/aromatic N) is 1. The Balaban J connectivity index is 0. The molecule has 20 heavy (non-hydrogen) atoms. The van der Waals surface area contributed by atoms with Crippen LogP contribution in [0.3, 0.4) is 0 Å². The van der Waals surface area contributed by atoms with Gasteiger partial charge in [-0.05, 0) is 12.8 Å². The third-order valence-electron chi connectivity index (χ3n) is 2.81. The molecule has 0 bridgehead atoms. The van der Waals surface area contributed by atoms with Crippen LogP contribution in [0.4, 0.5) is 0 Å². The molecule has 0 rings (SSSR count). The first-order chi connectivity index (χ1) is 8.65. The van der Waals surface area contributed by atoms with Crippen molar-refractivity contribution in [3.63, 3.8) is 0 Å². The van der Waals surface area contributed by atoms with Crippen molar-refractivity contribution in [2.45, 2.75) is 39.7 Å². The van der Waals surface area contributed by atoms with Gasteiger partial charge in [-0.3, -0.25) is 9.59 Å². The molecule has 0 amide bonds. The second-order valence-corrected chi connectivity index (χ2v) is 5.96. The second kappa shape index (κ2) is 10.00. The number of hydrogen-bond donors (Lipinski definition) is 0. The van der Waals surface area contributed by atoms with Crippen LogP contribution in [0.25, 0.3) is 0 Å². The standard InChI is InChI=1S/C14H28NO4.ClH/c1-7-13(19-12(3)16)10-11(2)14(17)18-9-8-15(4,5)6;/h11,13H,7-10H2,1-6H3;1H/q+1;/p-1. The van der Waals surface area contributed by atoms with Crippen LogP contribution in [0.15, 0.2) is 0 Å². The Bertz CT molecular complexity index is 302. The van der Waals surface area contributed by atoms with Gasteiger partial charge in [0.15, 0.2) is 0 Å². The highest BCUT2D eigenvalue weighted by atomic mass is 35.5. The van der Waals surface area contributed by atoms with Crippen molar-refractivity contribution >= 4 is 11.9 Å². The SMILES string of the molecule is CCC(CC(C)C(=O)OCC[N+](C)(C)C)OC(C)=O.[Cl-]. The first-order valence-electron chi connectivity index (χ1n) is 6.80. The molecule has 0 saturated carbocycles. The van der Waals surface area contributed by atoms with Gasteiger partial charge in [-0.1, -0.05) is 13.8 Å². The third kappa shape index (κ3) is 11.1. The quantitative estimate of drug-likeness (QED) is 0.409. The fourth-order valence-corrected chi connectivity index (χ4v) is 1.59. The Morgan fingerprint density at radius 3 is 2.15 bits per heavy atom. The number of rotatable bonds is 8. The molecule has 0 aromatic rings. The molecular formula is C14H28ClNO4. The maximum absolute atomic E-state index is 11.8. The van der Waals surface area contributed by atoms with Crippen LogP contribution in [0, 0.1) is 5.92 Å². The van der Waals surface area contributed by atoms with Crippen LogP contribution in [-0.4, -0.2) is 56.8 Å². The zero-order valence-corrected chi connectivity index (χ0v) is 14.2. The second-order valence-electron chi connectivity index (χ2n) is 5.96. The summed E-state index contributed by atoms with van der Waals surface area (Å²) in [5, 5.41) is 0. The summed E-state index contributed by atoms with van der Waals surface area (Å²) in [6.45, 7) is 6.31. The molecule has 0 aromatic carbocycles. The van der Waals surface area contributed by atoms with E-state index in [1.165, 1.54) is 6.92 Å². The average molecular weight is 310 g/mol. The largest absolute Gasteiger partial charge is 1.00 e. The third-order valence-corrected chi connectivity index (χ3v) is 2.81. The number of carbonyl (C=O) groups is 2. The highest BCUT2D eigenvalue weighted by molar-refractivity contribution is 5.72. The van der Waals surface area contributed by atoms with Gasteiger partial charge >= 0.3 is 11.9 Å². The van der Waals surface area contributed by atoms with Gasteiger partial charge in [0, 0.05) is 6.92 Å². The van der Waals surface area contributed by atoms with E-state index in [-0.39, 0.29) is 36.4 Å². The Hall–Kier alpha value is -0.810. The molecule has 0 aliphatic heterocycles. The Morgan fingerprint density at radius 1 is 1.20 bits per heavy atom. The predicted octanol–water partition coefficient (Wildman–Crippen LogP) is -1.39. The van der Waals surface area contributed by atoms with E-state index >= 15 is 0 Å². The molecule has 5 nitrogen and oxygen atoms in total. The number of carbonyl (C=O) groups excluding carboxylic acids is 2. The minimum absolute atomic E-state index is 0. The summed E-state index contributed by atoms with van der Waals surface area (Å²) in [4.78, 5) is 22.7. The Morgan fingerprint density at radius 2 is 1.75 bits per heavy atom. The molecule has 120 valence electrons. The fraction of sp³-hybridized carbons (Fsp3) is 0.857. The lowest BCUT2D eigenvalue weighted by Gasteiger charge is -2.24. The Kier molecular flexibility index (Phi) is 10.7. The molecule has 0 saturated heterocycles. The molecule has 0 N–H and O–H groups in total. The van der Waals surface area contributed by atoms with Crippen molar-refractivity contribution < 1.29 is 36.0 Å². The van der Waals surface area contributed by atoms with Gasteiger partial charge in [-0.25, -0.2) is 0 Å². The zero-order valence-electron chi connectivity index (χ0n) is 13.4. The van der Waals surface area contributed by atoms with Crippen LogP contribution >= 0.6 is 0 Å². The van der Waals surface area contributed by atoms with Crippen molar-refractivity contribution in [3.05, 3.63) is 0 Å². The molecule has 2 unspecified atom stereocenters. The summed E-state index contributed by atoms with van der Waals surface area (Å²) in [6, 6.07) is 0. The highest BCUT2D eigenvalue weighted by Crippen LogP contribution is 2.14. The van der Waals surface area contributed by atoms with E-state index in [1.54, 1.807) is 6.92 Å². The van der Waals surface area contributed by atoms with Gasteiger partial charge in [-0.2, -0.15) is 0 Å². The molecule has 0 fully saturated rings. The van der Waals surface area contributed by atoms with E-state index in [0.29, 0.717) is 19.4 Å². The predicted molar refractivity (Wildman–Crippen MR) is 73.5 cm³/mol. The summed E-state index contributed by atoms with van der Waals surface area (Å²) >= 11 is 0. The van der Waals surface area contributed by atoms with Crippen molar-refractivity contribution in [1.82, 2.24) is 0 Å². The van der Waals surface area contributed by atoms with E-state index < -0.39 is 0 Å². The van der Waals surface area contributed by atoms with Crippen LogP contribution in [0.5, 0.6) is 0 Å². The average Bonchev–Trinajstić information content (AvgIpc) is 2.25. The van der Waals surface area contributed by atoms with Crippen molar-refractivity contribution in [2.75, 3.05) is 34.3 Å². The minimum atomic E-state index is -0.308. The molecule has 0 radical (unpaired) electrons. The number of quaternary nitrogens is 1. The lowest BCUT2D eigenvalue weighted by molar-refractivity contribution is -0.870. The smallest absolute Gasteiger partial charge is 0.309 e. The first kappa shape index (κ1) is 21.5. The van der Waals surface area contributed by atoms with Crippen molar-refractivity contribution in [2.24, 2.45) is 5.92 Å². The van der Waals surface area contributed by atoms with E-state index in [4.69, 9.17) is 9.47 Å². The zero-order chi connectivity index (χ0) is 15.1. The number of hydrogen-bond acceptors (Lipinski definition) is 4. The fourth-order valence-electron chi connectivity index (χ4n) is 1.59. The first-order valence-corrected chi connectivity index (χ1v) is 6.80. The van der Waals surface area contributed by atoms with Crippen LogP contribution in [-0.2, 0) is 19.1 Å². The number of halogens is 1. The molecule has 0 aromatic heterocycles. The Labute approximate surface area is 128 Å². The van der Waals surface area contributed by atoms with Gasteiger partial charge in [0.25, 0.3) is 0 Å². The number of esters is 2. The summed E-state index contributed by atoms with van der Waals surface area (Å²) < 4.78 is 11.1. The topological polar surface area (TPSA) is 52.6 Å². The number of likely N-dealkylation sites (N-methyl/N-ethyl adjacent to an activating group) is 1. The van der Waals surface area contributed by atoms with Gasteiger partial charge in [0.2, 0.25) is 0 Å². The minimum Gasteiger partial charge on any atom is -1.00 e. The van der Waals surface area contributed by atoms with Crippen LogP contribution in [0.2, 0.25) is 0 Å². The molecule has 0 aliphatic carbocycles. The lowest BCUT2D eigenvalue weighted by Crippen LogP contribution is -3.00. The summed E-state index contributed by atoms with van der Waals surface area (Å²) in [7, 11) is 6.14.